The van der Waals surface area contributed by atoms with Crippen molar-refractivity contribution in [2.45, 2.75) is 19.3 Å². The Balaban J connectivity index is 2.07. The summed E-state index contributed by atoms with van der Waals surface area (Å²) in [6, 6.07) is 6.96. The first-order chi connectivity index (χ1) is 9.39. The van der Waals surface area contributed by atoms with Gasteiger partial charge in [0.2, 0.25) is 5.91 Å². The molecule has 0 unspecified atom stereocenters. The molecule has 2 aromatic rings. The van der Waals surface area contributed by atoms with Crippen molar-refractivity contribution in [1.29, 1.82) is 0 Å². The molecule has 1 aromatic carbocycles. The van der Waals surface area contributed by atoms with Crippen LogP contribution in [0, 0.1) is 0 Å². The van der Waals surface area contributed by atoms with Crippen molar-refractivity contribution in [2.24, 2.45) is 0 Å². The van der Waals surface area contributed by atoms with Gasteiger partial charge in [-0.3, -0.25) is 9.89 Å². The predicted molar refractivity (Wildman–Crippen MR) is 72.6 cm³/mol. The molecule has 1 aliphatic heterocycles. The Labute approximate surface area is 114 Å². The molecule has 6 heteroatoms. The second-order valence-electron chi connectivity index (χ2n) is 5.31. The van der Waals surface area contributed by atoms with Crippen LogP contribution in [0.3, 0.4) is 0 Å². The summed E-state index contributed by atoms with van der Waals surface area (Å²) in [5.41, 5.74) is 2.43. The molecule has 0 fully saturated rings. The zero-order valence-corrected chi connectivity index (χ0v) is 11.0. The van der Waals surface area contributed by atoms with Gasteiger partial charge in [-0.15, -0.1) is 0 Å². The molecule has 3 N–H and O–H groups in total. The van der Waals surface area contributed by atoms with Gasteiger partial charge in [0.25, 0.3) is 0 Å². The number of rotatable bonds is 2. The summed E-state index contributed by atoms with van der Waals surface area (Å²) in [5, 5.41) is 18.2. The van der Waals surface area contributed by atoms with Crippen molar-refractivity contribution in [3.05, 3.63) is 35.5 Å². The van der Waals surface area contributed by atoms with Gasteiger partial charge in [-0.1, -0.05) is 6.07 Å². The number of aromatic nitrogens is 2. The summed E-state index contributed by atoms with van der Waals surface area (Å²) in [4.78, 5) is 22.7. The van der Waals surface area contributed by atoms with E-state index in [2.05, 4.69) is 15.5 Å². The standard InChI is InChI=1S/C14H13N3O3/c1-14(2)8-5-7(3-4-9(8)15-13(14)20)10-6-11(12(18)19)17-16-10/h3-6H,1-2H3,(H,15,20)(H,16,17)(H,18,19). The fourth-order valence-electron chi connectivity index (χ4n) is 2.31. The minimum Gasteiger partial charge on any atom is -0.477 e. The number of carbonyl (C=O) groups is 2. The molecule has 0 spiro atoms. The van der Waals surface area contributed by atoms with Gasteiger partial charge >= 0.3 is 5.97 Å². The molecule has 102 valence electrons. The largest absolute Gasteiger partial charge is 0.477 e. The summed E-state index contributed by atoms with van der Waals surface area (Å²) in [6.45, 7) is 3.70. The fraction of sp³-hybridized carbons (Fsp3) is 0.214. The van der Waals surface area contributed by atoms with Crippen LogP contribution < -0.4 is 5.32 Å². The lowest BCUT2D eigenvalue weighted by molar-refractivity contribution is -0.119. The summed E-state index contributed by atoms with van der Waals surface area (Å²) < 4.78 is 0. The first-order valence-electron chi connectivity index (χ1n) is 6.14. The summed E-state index contributed by atoms with van der Waals surface area (Å²) >= 11 is 0. The number of aromatic amines is 1. The lowest BCUT2D eigenvalue weighted by Gasteiger charge is -2.15. The maximum absolute atomic E-state index is 11.9. The number of nitrogens with zero attached hydrogens (tertiary/aromatic N) is 1. The molecule has 1 aliphatic rings. The molecule has 6 nitrogen and oxygen atoms in total. The first-order valence-corrected chi connectivity index (χ1v) is 6.14. The summed E-state index contributed by atoms with van der Waals surface area (Å²) in [7, 11) is 0. The van der Waals surface area contributed by atoms with Gasteiger partial charge in [0, 0.05) is 11.3 Å². The lowest BCUT2D eigenvalue weighted by atomic mass is 9.85. The van der Waals surface area contributed by atoms with Crippen molar-refractivity contribution in [1.82, 2.24) is 10.2 Å². The average Bonchev–Trinajstić information content (AvgIpc) is 2.95. The van der Waals surface area contributed by atoms with E-state index in [0.29, 0.717) is 5.69 Å². The van der Waals surface area contributed by atoms with Crippen LogP contribution in [0.2, 0.25) is 0 Å². The number of hydrogen-bond donors (Lipinski definition) is 3. The van der Waals surface area contributed by atoms with Crippen LogP contribution in [-0.2, 0) is 10.2 Å². The molecular weight excluding hydrogens is 258 g/mol. The molecule has 3 rings (SSSR count). The van der Waals surface area contributed by atoms with Crippen LogP contribution in [0.5, 0.6) is 0 Å². The van der Waals surface area contributed by atoms with E-state index in [9.17, 15) is 9.59 Å². The molecule has 1 amide bonds. The van der Waals surface area contributed by atoms with Gasteiger partial charge in [0.15, 0.2) is 0 Å². The number of H-pyrrole nitrogens is 1. The van der Waals surface area contributed by atoms with Gasteiger partial charge in [-0.2, -0.15) is 5.10 Å². The Kier molecular flexibility index (Phi) is 2.44. The lowest BCUT2D eigenvalue weighted by Crippen LogP contribution is -2.26. The summed E-state index contributed by atoms with van der Waals surface area (Å²) in [5.74, 6) is -1.10. The normalized spacial score (nSPS) is 15.8. The number of fused-ring (bicyclic) bond motifs is 1. The number of carboxylic acid groups (broad SMARTS) is 1. The molecule has 0 aliphatic carbocycles. The maximum atomic E-state index is 11.9. The van der Waals surface area contributed by atoms with E-state index in [-0.39, 0.29) is 11.6 Å². The molecule has 20 heavy (non-hydrogen) atoms. The second kappa shape index (κ2) is 3.93. The van der Waals surface area contributed by atoms with Crippen molar-refractivity contribution in [3.63, 3.8) is 0 Å². The molecule has 0 bridgehead atoms. The smallest absolute Gasteiger partial charge is 0.353 e. The van der Waals surface area contributed by atoms with E-state index >= 15 is 0 Å². The zero-order valence-electron chi connectivity index (χ0n) is 11.0. The number of carboxylic acids is 1. The SMILES string of the molecule is CC1(C)C(=O)Nc2ccc(-c3cc(C(=O)O)[nH]n3)cc21. The minimum absolute atomic E-state index is 0.0361. The third-order valence-corrected chi connectivity index (χ3v) is 3.61. The molecular formula is C14H13N3O3. The van der Waals surface area contributed by atoms with Crippen molar-refractivity contribution in [2.75, 3.05) is 5.32 Å². The molecule has 2 heterocycles. The number of anilines is 1. The Hall–Kier alpha value is -2.63. The average molecular weight is 271 g/mol. The van der Waals surface area contributed by atoms with E-state index in [1.807, 2.05) is 32.0 Å². The maximum Gasteiger partial charge on any atom is 0.353 e. The Morgan fingerprint density at radius 2 is 2.05 bits per heavy atom. The third-order valence-electron chi connectivity index (χ3n) is 3.61. The van der Waals surface area contributed by atoms with E-state index in [0.717, 1.165) is 16.8 Å². The number of carbonyl (C=O) groups excluding carboxylic acids is 1. The summed E-state index contributed by atoms with van der Waals surface area (Å²) in [6.07, 6.45) is 0. The van der Waals surface area contributed by atoms with Crippen molar-refractivity contribution < 1.29 is 14.7 Å². The van der Waals surface area contributed by atoms with E-state index in [4.69, 9.17) is 5.11 Å². The first kappa shape index (κ1) is 12.4. The van der Waals surface area contributed by atoms with Gasteiger partial charge in [-0.25, -0.2) is 4.79 Å². The van der Waals surface area contributed by atoms with Crippen LogP contribution in [-0.4, -0.2) is 27.2 Å². The number of aromatic carboxylic acids is 1. The van der Waals surface area contributed by atoms with E-state index in [1.165, 1.54) is 6.07 Å². The monoisotopic (exact) mass is 271 g/mol. The van der Waals surface area contributed by atoms with Gasteiger partial charge < -0.3 is 10.4 Å². The second-order valence-corrected chi connectivity index (χ2v) is 5.31. The fourth-order valence-corrected chi connectivity index (χ4v) is 2.31. The van der Waals surface area contributed by atoms with Crippen molar-refractivity contribution in [3.8, 4) is 11.3 Å². The molecule has 0 saturated carbocycles. The molecule has 0 saturated heterocycles. The van der Waals surface area contributed by atoms with Gasteiger partial charge in [0.05, 0.1) is 11.1 Å². The minimum atomic E-state index is -1.05. The van der Waals surface area contributed by atoms with E-state index in [1.54, 1.807) is 0 Å². The number of hydrogen-bond acceptors (Lipinski definition) is 3. The van der Waals surface area contributed by atoms with Gasteiger partial charge in [-0.05, 0) is 37.6 Å². The van der Waals surface area contributed by atoms with Gasteiger partial charge in [0.1, 0.15) is 5.69 Å². The molecule has 1 aromatic heterocycles. The number of amides is 1. The zero-order chi connectivity index (χ0) is 14.5. The van der Waals surface area contributed by atoms with Crippen LogP contribution in [0.4, 0.5) is 5.69 Å². The van der Waals surface area contributed by atoms with Crippen molar-refractivity contribution >= 4 is 17.6 Å². The third kappa shape index (κ3) is 1.69. The highest BCUT2D eigenvalue weighted by atomic mass is 16.4. The van der Waals surface area contributed by atoms with Crippen LogP contribution >= 0.6 is 0 Å². The topological polar surface area (TPSA) is 95.1 Å². The Morgan fingerprint density at radius 1 is 1.30 bits per heavy atom. The predicted octanol–water partition coefficient (Wildman–Crippen LogP) is 2.00. The quantitative estimate of drug-likeness (QED) is 0.778. The molecule has 0 atom stereocenters. The highest BCUT2D eigenvalue weighted by Gasteiger charge is 2.38. The Morgan fingerprint density at radius 3 is 2.70 bits per heavy atom. The van der Waals surface area contributed by atoms with E-state index < -0.39 is 11.4 Å². The highest BCUT2D eigenvalue weighted by Crippen LogP contribution is 2.39. The highest BCUT2D eigenvalue weighted by molar-refractivity contribution is 6.06. The van der Waals surface area contributed by atoms with Crippen LogP contribution in [0.15, 0.2) is 24.3 Å². The van der Waals surface area contributed by atoms with Crippen LogP contribution in [0.25, 0.3) is 11.3 Å². The van der Waals surface area contributed by atoms with Crippen LogP contribution in [0.1, 0.15) is 29.9 Å². The number of nitrogens with one attached hydrogen (secondary N) is 2. The molecule has 0 radical (unpaired) electrons. The number of benzene rings is 1. The Bertz CT molecular complexity index is 731.